The van der Waals surface area contributed by atoms with Crippen LogP contribution >= 0.6 is 23.4 Å². The van der Waals surface area contributed by atoms with E-state index in [4.69, 9.17) is 30.2 Å². The summed E-state index contributed by atoms with van der Waals surface area (Å²) in [5.41, 5.74) is 2.60. The van der Waals surface area contributed by atoms with Gasteiger partial charge in [-0.25, -0.2) is 0 Å². The van der Waals surface area contributed by atoms with Gasteiger partial charge in [0, 0.05) is 27.9 Å². The minimum Gasteiger partial charge on any atom is -0.490 e. The summed E-state index contributed by atoms with van der Waals surface area (Å²) in [6.07, 6.45) is 1.76. The molecule has 172 valence electrons. The minimum absolute atomic E-state index is 0.376. The second-order valence-electron chi connectivity index (χ2n) is 6.87. The van der Waals surface area contributed by atoms with E-state index in [1.807, 2.05) is 57.2 Å². The predicted octanol–water partition coefficient (Wildman–Crippen LogP) is 6.43. The van der Waals surface area contributed by atoms with Gasteiger partial charge >= 0.3 is 0 Å². The molecular weight excluding hydrogens is 462 g/mol. The smallest absolute Gasteiger partial charge is 0.277 e. The lowest BCUT2D eigenvalue weighted by atomic mass is 10.1. The SMILES string of the molecule is CCOc1cc(-c2nnc(SCc3ccc(Cl)c4cccnc34)o2)cc(OCC)c1OCC. The Morgan fingerprint density at radius 3 is 2.36 bits per heavy atom. The van der Waals surface area contributed by atoms with Crippen molar-refractivity contribution in [3.63, 3.8) is 0 Å². The molecular formula is C24H24ClN3O4S. The molecule has 0 saturated carbocycles. The van der Waals surface area contributed by atoms with Crippen molar-refractivity contribution < 1.29 is 18.6 Å². The van der Waals surface area contributed by atoms with E-state index in [2.05, 4.69) is 15.2 Å². The molecule has 0 aliphatic rings. The van der Waals surface area contributed by atoms with Gasteiger partial charge in [-0.15, -0.1) is 10.2 Å². The average Bonchev–Trinajstić information content (AvgIpc) is 3.30. The normalized spacial score (nSPS) is 11.0. The van der Waals surface area contributed by atoms with Crippen LogP contribution in [0.5, 0.6) is 17.2 Å². The van der Waals surface area contributed by atoms with Crippen LogP contribution in [0.2, 0.25) is 5.02 Å². The van der Waals surface area contributed by atoms with Crippen LogP contribution in [-0.2, 0) is 5.75 Å². The zero-order valence-electron chi connectivity index (χ0n) is 18.6. The van der Waals surface area contributed by atoms with Gasteiger partial charge in [0.2, 0.25) is 11.6 Å². The third-order valence-electron chi connectivity index (χ3n) is 4.71. The molecule has 0 N–H and O–H groups in total. The quantitative estimate of drug-likeness (QED) is 0.238. The van der Waals surface area contributed by atoms with E-state index in [1.54, 1.807) is 6.20 Å². The monoisotopic (exact) mass is 485 g/mol. The Bertz CT molecular complexity index is 1220. The van der Waals surface area contributed by atoms with Crippen molar-refractivity contribution in [3.05, 3.63) is 53.2 Å². The fraction of sp³-hybridized carbons (Fsp3) is 0.292. The molecule has 4 aromatic rings. The van der Waals surface area contributed by atoms with Gasteiger partial charge in [0.15, 0.2) is 11.5 Å². The highest BCUT2D eigenvalue weighted by Gasteiger charge is 2.19. The summed E-state index contributed by atoms with van der Waals surface area (Å²) in [7, 11) is 0. The number of hydrogen-bond donors (Lipinski definition) is 0. The molecule has 0 saturated heterocycles. The van der Waals surface area contributed by atoms with Crippen molar-refractivity contribution in [1.82, 2.24) is 15.2 Å². The average molecular weight is 486 g/mol. The van der Waals surface area contributed by atoms with E-state index in [0.717, 1.165) is 16.5 Å². The summed E-state index contributed by atoms with van der Waals surface area (Å²) in [6.45, 7) is 7.22. The first-order valence-electron chi connectivity index (χ1n) is 10.7. The summed E-state index contributed by atoms with van der Waals surface area (Å²) in [6, 6.07) is 11.3. The number of ether oxygens (including phenoxy) is 3. The van der Waals surface area contributed by atoms with Crippen LogP contribution in [0.4, 0.5) is 0 Å². The molecule has 0 aliphatic carbocycles. The third-order valence-corrected chi connectivity index (χ3v) is 5.91. The number of fused-ring (bicyclic) bond motifs is 1. The molecule has 0 spiro atoms. The summed E-state index contributed by atoms with van der Waals surface area (Å²) >= 11 is 7.74. The number of rotatable bonds is 10. The lowest BCUT2D eigenvalue weighted by molar-refractivity contribution is 0.261. The van der Waals surface area contributed by atoms with Crippen molar-refractivity contribution in [2.75, 3.05) is 19.8 Å². The van der Waals surface area contributed by atoms with E-state index in [1.165, 1.54) is 11.8 Å². The molecule has 7 nitrogen and oxygen atoms in total. The molecule has 9 heteroatoms. The number of hydrogen-bond acceptors (Lipinski definition) is 8. The van der Waals surface area contributed by atoms with Gasteiger partial charge in [-0.2, -0.15) is 0 Å². The first-order chi connectivity index (χ1) is 16.1. The Labute approximate surface area is 201 Å². The third kappa shape index (κ3) is 5.17. The van der Waals surface area contributed by atoms with Crippen molar-refractivity contribution in [3.8, 4) is 28.7 Å². The summed E-state index contributed by atoms with van der Waals surface area (Å²) in [5.74, 6) is 2.71. The largest absolute Gasteiger partial charge is 0.490 e. The zero-order chi connectivity index (χ0) is 23.2. The van der Waals surface area contributed by atoms with Crippen LogP contribution in [0.3, 0.4) is 0 Å². The number of pyridine rings is 1. The molecule has 2 aromatic carbocycles. The Kier molecular flexibility index (Phi) is 7.57. The van der Waals surface area contributed by atoms with Crippen molar-refractivity contribution in [2.45, 2.75) is 31.7 Å². The van der Waals surface area contributed by atoms with Gasteiger partial charge in [0.25, 0.3) is 5.22 Å². The van der Waals surface area contributed by atoms with Gasteiger partial charge in [-0.3, -0.25) is 4.98 Å². The molecule has 0 fully saturated rings. The lowest BCUT2D eigenvalue weighted by Crippen LogP contribution is -2.03. The molecule has 2 heterocycles. The highest BCUT2D eigenvalue weighted by atomic mass is 35.5. The van der Waals surface area contributed by atoms with Crippen LogP contribution in [-0.4, -0.2) is 35.0 Å². The van der Waals surface area contributed by atoms with E-state index in [0.29, 0.717) is 64.5 Å². The van der Waals surface area contributed by atoms with Gasteiger partial charge in [-0.1, -0.05) is 29.4 Å². The molecule has 0 aliphatic heterocycles. The van der Waals surface area contributed by atoms with Gasteiger partial charge in [-0.05, 0) is 56.7 Å². The van der Waals surface area contributed by atoms with Gasteiger partial charge in [0.1, 0.15) is 0 Å². The molecule has 0 amide bonds. The van der Waals surface area contributed by atoms with E-state index in [-0.39, 0.29) is 0 Å². The van der Waals surface area contributed by atoms with Crippen LogP contribution in [0.15, 0.2) is 52.2 Å². The fourth-order valence-electron chi connectivity index (χ4n) is 3.35. The first kappa shape index (κ1) is 23.2. The molecule has 0 unspecified atom stereocenters. The summed E-state index contributed by atoms with van der Waals surface area (Å²) < 4.78 is 23.3. The van der Waals surface area contributed by atoms with Crippen LogP contribution in [0, 0.1) is 0 Å². The topological polar surface area (TPSA) is 79.5 Å². The van der Waals surface area contributed by atoms with Crippen molar-refractivity contribution in [1.29, 1.82) is 0 Å². The van der Waals surface area contributed by atoms with Gasteiger partial charge < -0.3 is 18.6 Å². The molecule has 2 aromatic heterocycles. The first-order valence-corrected chi connectivity index (χ1v) is 12.1. The maximum atomic E-state index is 6.30. The second kappa shape index (κ2) is 10.8. The lowest BCUT2D eigenvalue weighted by Gasteiger charge is -2.16. The van der Waals surface area contributed by atoms with Crippen molar-refractivity contribution >= 4 is 34.3 Å². The fourth-order valence-corrected chi connectivity index (χ4v) is 4.31. The minimum atomic E-state index is 0.376. The number of aromatic nitrogens is 3. The Balaban J connectivity index is 1.59. The number of halogens is 1. The molecule has 0 bridgehead atoms. The molecule has 0 atom stereocenters. The second-order valence-corrected chi connectivity index (χ2v) is 8.20. The van der Waals surface area contributed by atoms with E-state index >= 15 is 0 Å². The molecule has 33 heavy (non-hydrogen) atoms. The number of benzene rings is 2. The van der Waals surface area contributed by atoms with Gasteiger partial charge in [0.05, 0.1) is 25.3 Å². The zero-order valence-corrected chi connectivity index (χ0v) is 20.2. The van der Waals surface area contributed by atoms with E-state index < -0.39 is 0 Å². The Morgan fingerprint density at radius 2 is 1.67 bits per heavy atom. The summed E-state index contributed by atoms with van der Waals surface area (Å²) in [4.78, 5) is 4.48. The van der Waals surface area contributed by atoms with Crippen LogP contribution in [0.25, 0.3) is 22.4 Å². The number of nitrogens with zero attached hydrogens (tertiary/aromatic N) is 3. The number of thioether (sulfide) groups is 1. The standard InChI is InChI=1S/C24H24ClN3O4S/c1-4-29-19-12-16(13-20(30-5-2)22(19)31-6-3)23-27-28-24(32-23)33-14-15-9-10-18(25)17-8-7-11-26-21(15)17/h7-13H,4-6,14H2,1-3H3. The predicted molar refractivity (Wildman–Crippen MR) is 130 cm³/mol. The van der Waals surface area contributed by atoms with Crippen LogP contribution in [0.1, 0.15) is 26.3 Å². The summed E-state index contributed by atoms with van der Waals surface area (Å²) in [5, 5.41) is 10.5. The maximum absolute atomic E-state index is 6.30. The van der Waals surface area contributed by atoms with Crippen molar-refractivity contribution in [2.24, 2.45) is 0 Å². The highest BCUT2D eigenvalue weighted by molar-refractivity contribution is 7.98. The Morgan fingerprint density at radius 1 is 0.939 bits per heavy atom. The Hall–Kier alpha value is -2.97. The van der Waals surface area contributed by atoms with Crippen LogP contribution < -0.4 is 14.2 Å². The molecule has 0 radical (unpaired) electrons. The van der Waals surface area contributed by atoms with E-state index in [9.17, 15) is 0 Å². The highest BCUT2D eigenvalue weighted by Crippen LogP contribution is 2.42. The maximum Gasteiger partial charge on any atom is 0.277 e. The molecule has 4 rings (SSSR count).